The van der Waals surface area contributed by atoms with E-state index in [1.165, 1.54) is 35.5 Å². The topological polar surface area (TPSA) is 61.8 Å². The number of nitrogens with one attached hydrogen (secondary N) is 1. The van der Waals surface area contributed by atoms with E-state index in [4.69, 9.17) is 0 Å². The van der Waals surface area contributed by atoms with Gasteiger partial charge in [-0.25, -0.2) is 9.40 Å². The van der Waals surface area contributed by atoms with E-state index in [9.17, 15) is 14.0 Å². The first-order valence-electron chi connectivity index (χ1n) is 6.65. The molecule has 22 heavy (non-hydrogen) atoms. The van der Waals surface area contributed by atoms with Crippen LogP contribution in [-0.2, 0) is 9.59 Å². The van der Waals surface area contributed by atoms with Crippen molar-refractivity contribution in [2.75, 3.05) is 10.3 Å². The van der Waals surface area contributed by atoms with E-state index in [1.54, 1.807) is 24.3 Å². The Labute approximate surface area is 126 Å². The van der Waals surface area contributed by atoms with Crippen molar-refractivity contribution in [2.24, 2.45) is 11.0 Å². The average molecular weight is 297 g/mol. The molecule has 1 unspecified atom stereocenters. The van der Waals surface area contributed by atoms with E-state index in [1.807, 2.05) is 6.07 Å². The fourth-order valence-corrected chi connectivity index (χ4v) is 2.08. The number of hydrogen-bond acceptors (Lipinski definition) is 3. The van der Waals surface area contributed by atoms with Gasteiger partial charge in [0.2, 0.25) is 5.91 Å². The van der Waals surface area contributed by atoms with Crippen molar-refractivity contribution >= 4 is 29.4 Å². The van der Waals surface area contributed by atoms with Crippen molar-refractivity contribution in [1.29, 1.82) is 0 Å². The maximum atomic E-state index is 12.8. The van der Waals surface area contributed by atoms with E-state index in [0.717, 1.165) is 0 Å². The van der Waals surface area contributed by atoms with Gasteiger partial charge in [-0.3, -0.25) is 9.59 Å². The van der Waals surface area contributed by atoms with E-state index >= 15 is 0 Å². The van der Waals surface area contributed by atoms with Crippen LogP contribution in [-0.4, -0.2) is 18.0 Å². The molecule has 3 rings (SSSR count). The third kappa shape index (κ3) is 2.71. The summed E-state index contributed by atoms with van der Waals surface area (Å²) in [5.74, 6) is -2.32. The molecule has 0 saturated heterocycles. The maximum absolute atomic E-state index is 12.8. The van der Waals surface area contributed by atoms with Gasteiger partial charge in [-0.1, -0.05) is 18.2 Å². The van der Waals surface area contributed by atoms with Crippen molar-refractivity contribution in [3.63, 3.8) is 0 Å². The van der Waals surface area contributed by atoms with Crippen molar-refractivity contribution in [3.8, 4) is 0 Å². The molecule has 0 spiro atoms. The SMILES string of the molecule is O=C(Nc1ccc(F)cc1)C1C=NN(c2ccccc2)C1=O. The summed E-state index contributed by atoms with van der Waals surface area (Å²) in [6.45, 7) is 0. The van der Waals surface area contributed by atoms with Gasteiger partial charge in [0.05, 0.1) is 5.69 Å². The number of benzene rings is 2. The Kier molecular flexibility index (Phi) is 3.65. The van der Waals surface area contributed by atoms with Crippen LogP contribution in [0.15, 0.2) is 59.7 Å². The standard InChI is InChI=1S/C16H12FN3O2/c17-11-6-8-12(9-7-11)19-15(21)14-10-18-20(16(14)22)13-4-2-1-3-5-13/h1-10,14H,(H,19,21). The van der Waals surface area contributed by atoms with Crippen molar-refractivity contribution < 1.29 is 14.0 Å². The lowest BCUT2D eigenvalue weighted by atomic mass is 10.1. The molecule has 0 bridgehead atoms. The first-order valence-corrected chi connectivity index (χ1v) is 6.65. The molecule has 1 atom stereocenters. The average Bonchev–Trinajstić information content (AvgIpc) is 2.92. The van der Waals surface area contributed by atoms with Gasteiger partial charge in [-0.2, -0.15) is 5.10 Å². The monoisotopic (exact) mass is 297 g/mol. The Morgan fingerprint density at radius 2 is 1.77 bits per heavy atom. The largest absolute Gasteiger partial charge is 0.325 e. The minimum absolute atomic E-state index is 0.397. The van der Waals surface area contributed by atoms with E-state index in [0.29, 0.717) is 11.4 Å². The van der Waals surface area contributed by atoms with Gasteiger partial charge < -0.3 is 5.32 Å². The quantitative estimate of drug-likeness (QED) is 0.884. The highest BCUT2D eigenvalue weighted by atomic mass is 19.1. The van der Waals surface area contributed by atoms with Gasteiger partial charge >= 0.3 is 0 Å². The summed E-state index contributed by atoms with van der Waals surface area (Å²) in [5.41, 5.74) is 1.02. The van der Waals surface area contributed by atoms with Crippen LogP contribution in [0.1, 0.15) is 0 Å². The minimum atomic E-state index is -0.995. The first-order chi connectivity index (χ1) is 10.6. The molecule has 5 nitrogen and oxygen atoms in total. The van der Waals surface area contributed by atoms with Crippen LogP contribution in [0, 0.1) is 11.7 Å². The molecular formula is C16H12FN3O2. The van der Waals surface area contributed by atoms with E-state index in [-0.39, 0.29) is 0 Å². The zero-order valence-corrected chi connectivity index (χ0v) is 11.4. The molecule has 2 aromatic carbocycles. The highest BCUT2D eigenvalue weighted by Crippen LogP contribution is 2.21. The van der Waals surface area contributed by atoms with Gasteiger partial charge in [0, 0.05) is 11.9 Å². The third-order valence-corrected chi connectivity index (χ3v) is 3.20. The normalized spacial score (nSPS) is 16.9. The van der Waals surface area contributed by atoms with E-state index in [2.05, 4.69) is 10.4 Å². The Morgan fingerprint density at radius 1 is 1.09 bits per heavy atom. The second-order valence-corrected chi connectivity index (χ2v) is 4.72. The number of hydrazone groups is 1. The van der Waals surface area contributed by atoms with Gasteiger partial charge in [0.15, 0.2) is 5.92 Å². The van der Waals surface area contributed by atoms with Crippen LogP contribution in [0.25, 0.3) is 0 Å². The molecule has 0 saturated carbocycles. The van der Waals surface area contributed by atoms with Crippen molar-refractivity contribution in [1.82, 2.24) is 0 Å². The summed E-state index contributed by atoms with van der Waals surface area (Å²) in [4.78, 5) is 24.4. The minimum Gasteiger partial charge on any atom is -0.325 e. The highest BCUT2D eigenvalue weighted by molar-refractivity contribution is 6.23. The van der Waals surface area contributed by atoms with Crippen LogP contribution in [0.3, 0.4) is 0 Å². The third-order valence-electron chi connectivity index (χ3n) is 3.20. The molecular weight excluding hydrogens is 285 g/mol. The predicted octanol–water partition coefficient (Wildman–Crippen LogP) is 2.41. The molecule has 0 aliphatic carbocycles. The predicted molar refractivity (Wildman–Crippen MR) is 80.9 cm³/mol. The highest BCUT2D eigenvalue weighted by Gasteiger charge is 2.35. The summed E-state index contributed by atoms with van der Waals surface area (Å²) < 4.78 is 12.8. The molecule has 2 amide bonds. The summed E-state index contributed by atoms with van der Waals surface area (Å²) >= 11 is 0. The molecule has 0 fully saturated rings. The molecule has 0 aromatic heterocycles. The number of carbonyl (C=O) groups is 2. The maximum Gasteiger partial charge on any atom is 0.265 e. The summed E-state index contributed by atoms with van der Waals surface area (Å²) in [6, 6.07) is 14.2. The second-order valence-electron chi connectivity index (χ2n) is 4.72. The van der Waals surface area contributed by atoms with Gasteiger partial charge in [0.25, 0.3) is 5.91 Å². The van der Waals surface area contributed by atoms with Crippen LogP contribution < -0.4 is 10.3 Å². The number of nitrogens with zero attached hydrogens (tertiary/aromatic N) is 2. The summed E-state index contributed by atoms with van der Waals surface area (Å²) in [5, 5.41) is 7.74. The molecule has 1 aliphatic rings. The molecule has 1 heterocycles. The number of anilines is 2. The molecule has 6 heteroatoms. The Bertz CT molecular complexity index is 729. The Morgan fingerprint density at radius 3 is 2.45 bits per heavy atom. The van der Waals surface area contributed by atoms with Gasteiger partial charge in [0.1, 0.15) is 5.82 Å². The van der Waals surface area contributed by atoms with Crippen LogP contribution in [0.2, 0.25) is 0 Å². The number of hydrogen-bond donors (Lipinski definition) is 1. The van der Waals surface area contributed by atoms with Gasteiger partial charge in [-0.05, 0) is 36.4 Å². The molecule has 0 radical (unpaired) electrons. The van der Waals surface area contributed by atoms with E-state index < -0.39 is 23.5 Å². The smallest absolute Gasteiger partial charge is 0.265 e. The molecule has 1 N–H and O–H groups in total. The fourth-order valence-electron chi connectivity index (χ4n) is 2.08. The van der Waals surface area contributed by atoms with Crippen LogP contribution in [0.4, 0.5) is 15.8 Å². The zero-order valence-electron chi connectivity index (χ0n) is 11.4. The molecule has 2 aromatic rings. The number of amides is 2. The lowest BCUT2D eigenvalue weighted by molar-refractivity contribution is -0.127. The van der Waals surface area contributed by atoms with Crippen molar-refractivity contribution in [3.05, 3.63) is 60.4 Å². The van der Waals surface area contributed by atoms with Gasteiger partial charge in [-0.15, -0.1) is 0 Å². The lowest BCUT2D eigenvalue weighted by Crippen LogP contribution is -2.34. The lowest BCUT2D eigenvalue weighted by Gasteiger charge is -2.14. The Balaban J connectivity index is 1.71. The summed E-state index contributed by atoms with van der Waals surface area (Å²) in [7, 11) is 0. The number of rotatable bonds is 3. The zero-order chi connectivity index (χ0) is 15.5. The number of carbonyl (C=O) groups excluding carboxylic acids is 2. The molecule has 110 valence electrons. The number of halogens is 1. The van der Waals surface area contributed by atoms with Crippen molar-refractivity contribution in [2.45, 2.75) is 0 Å². The first kappa shape index (κ1) is 13.9. The summed E-state index contributed by atoms with van der Waals surface area (Å²) in [6.07, 6.45) is 1.30. The van der Waals surface area contributed by atoms with Crippen LogP contribution in [0.5, 0.6) is 0 Å². The van der Waals surface area contributed by atoms with Crippen LogP contribution >= 0.6 is 0 Å². The molecule has 1 aliphatic heterocycles. The Hall–Kier alpha value is -3.02. The second kappa shape index (κ2) is 5.77. The fraction of sp³-hybridized carbons (Fsp3) is 0.0625. The number of para-hydroxylation sites is 1.